The van der Waals surface area contributed by atoms with Gasteiger partial charge in [-0.2, -0.15) is 0 Å². The molecule has 0 saturated heterocycles. The van der Waals surface area contributed by atoms with E-state index in [9.17, 15) is 19.2 Å². The fourth-order valence-electron chi connectivity index (χ4n) is 3.73. The topological polar surface area (TPSA) is 147 Å². The molecule has 0 aromatic heterocycles. The maximum Gasteiger partial charge on any atom is 0.303 e. The molecule has 0 aliphatic rings. The van der Waals surface area contributed by atoms with Gasteiger partial charge >= 0.3 is 11.9 Å². The van der Waals surface area contributed by atoms with E-state index in [0.29, 0.717) is 37.8 Å². The van der Waals surface area contributed by atoms with E-state index >= 15 is 0 Å². The van der Waals surface area contributed by atoms with Crippen molar-refractivity contribution in [3.05, 3.63) is 0 Å². The Labute approximate surface area is 230 Å². The summed E-state index contributed by atoms with van der Waals surface area (Å²) in [6.45, 7) is 13.4. The molecule has 0 aliphatic carbocycles. The molecule has 0 rings (SSSR count). The Hall–Kier alpha value is -1.67. The smallest absolute Gasteiger partial charge is 0.303 e. The van der Waals surface area contributed by atoms with Crippen molar-refractivity contribution in [1.29, 1.82) is 0 Å². The minimum Gasteiger partial charge on any atom is -0.481 e. The molecule has 0 aliphatic heterocycles. The van der Waals surface area contributed by atoms with Crippen molar-refractivity contribution >= 4 is 34.7 Å². The van der Waals surface area contributed by atoms with Crippen LogP contribution in [0.3, 0.4) is 0 Å². The predicted molar refractivity (Wildman–Crippen MR) is 152 cm³/mol. The summed E-state index contributed by atoms with van der Waals surface area (Å²) in [6.07, 6.45) is 9.44. The number of carbonyl (C=O) groups is 4. The Morgan fingerprint density at radius 1 is 0.757 bits per heavy atom. The molecule has 220 valence electrons. The third-order valence-corrected chi connectivity index (χ3v) is 5.63. The number of carboxylic acids is 2. The Kier molecular flexibility index (Phi) is 29.5. The van der Waals surface area contributed by atoms with Crippen LogP contribution in [0.25, 0.3) is 0 Å². The lowest BCUT2D eigenvalue weighted by Gasteiger charge is -2.17. The first-order valence-corrected chi connectivity index (χ1v) is 14.2. The molecule has 0 heterocycles. The molecule has 0 radical (unpaired) electrons. The van der Waals surface area contributed by atoms with Gasteiger partial charge in [-0.3, -0.25) is 19.2 Å². The lowest BCUT2D eigenvalue weighted by molar-refractivity contribution is -0.139. The van der Waals surface area contributed by atoms with Crippen molar-refractivity contribution in [2.75, 3.05) is 13.1 Å². The summed E-state index contributed by atoms with van der Waals surface area (Å²) in [5, 5.41) is 19.9. The molecule has 0 unspecified atom stereocenters. The van der Waals surface area contributed by atoms with Crippen LogP contribution in [0.4, 0.5) is 0 Å². The van der Waals surface area contributed by atoms with Gasteiger partial charge in [-0.15, -0.1) is 0 Å². The third-order valence-electron chi connectivity index (χ3n) is 5.44. The predicted octanol–water partition coefficient (Wildman–Crippen LogP) is 6.23. The van der Waals surface area contributed by atoms with Crippen molar-refractivity contribution in [2.24, 2.45) is 29.4 Å². The highest BCUT2D eigenvalue weighted by atomic mass is 35.5. The highest BCUT2D eigenvalue weighted by Gasteiger charge is 2.16. The second kappa shape index (κ2) is 27.4. The van der Waals surface area contributed by atoms with E-state index in [2.05, 4.69) is 46.9 Å². The van der Waals surface area contributed by atoms with Crippen LogP contribution in [0.5, 0.6) is 0 Å². The quantitative estimate of drug-likeness (QED) is 0.110. The lowest BCUT2D eigenvalue weighted by Crippen LogP contribution is -2.30. The number of halogens is 1. The van der Waals surface area contributed by atoms with Crippen LogP contribution in [-0.4, -0.2) is 46.4 Å². The Balaban J connectivity index is -0.000000517. The molecule has 0 bridgehead atoms. The van der Waals surface area contributed by atoms with Gasteiger partial charge in [0.2, 0.25) is 11.1 Å². The summed E-state index contributed by atoms with van der Waals surface area (Å²) < 4.78 is 0. The van der Waals surface area contributed by atoms with E-state index in [1.54, 1.807) is 0 Å². The first-order chi connectivity index (χ1) is 17.3. The summed E-state index contributed by atoms with van der Waals surface area (Å²) in [5.74, 6) is -0.330. The summed E-state index contributed by atoms with van der Waals surface area (Å²) in [5.41, 5.74) is 5.41. The van der Waals surface area contributed by atoms with Gasteiger partial charge < -0.3 is 21.3 Å². The van der Waals surface area contributed by atoms with Crippen molar-refractivity contribution in [2.45, 2.75) is 119 Å². The van der Waals surface area contributed by atoms with Gasteiger partial charge in [0.15, 0.2) is 0 Å². The van der Waals surface area contributed by atoms with Gasteiger partial charge in [0.25, 0.3) is 0 Å². The summed E-state index contributed by atoms with van der Waals surface area (Å²) in [7, 11) is 0. The van der Waals surface area contributed by atoms with E-state index in [1.165, 1.54) is 0 Å². The van der Waals surface area contributed by atoms with Crippen LogP contribution in [0.1, 0.15) is 119 Å². The number of unbranched alkanes of at least 4 members (excludes halogenated alkanes) is 4. The first-order valence-electron chi connectivity index (χ1n) is 13.9. The number of amides is 1. The average Bonchev–Trinajstić information content (AvgIpc) is 2.76. The standard InChI is InChI=1S/C14H27NO3.C8H17NO2.C6H11ClO/c1-4-5-6-7-13(16)15-10-12(8-11(2)3)9-14(17)18;1-6(2)3-7(5-9)4-8(10)11;1-2-3-4-5-6(7)8/h11-12H,4-10H2,1-3H3,(H,15,16)(H,17,18);6-7H,3-5,9H2,1-2H3,(H,10,11);2-5H2,1H3/t12-;7-;/m00./s1. The number of carbonyl (C=O) groups excluding carboxylic acids is 2. The molecular weight excluding hydrogens is 496 g/mol. The minimum absolute atomic E-state index is 0.0395. The van der Waals surface area contributed by atoms with Gasteiger partial charge in [0.1, 0.15) is 0 Å². The molecule has 9 heteroatoms. The molecule has 1 amide bonds. The molecule has 8 nitrogen and oxygen atoms in total. The Morgan fingerprint density at radius 3 is 1.57 bits per heavy atom. The van der Waals surface area contributed by atoms with Gasteiger partial charge in [-0.25, -0.2) is 0 Å². The van der Waals surface area contributed by atoms with E-state index < -0.39 is 11.9 Å². The summed E-state index contributed by atoms with van der Waals surface area (Å²) >= 11 is 5.07. The zero-order valence-electron chi connectivity index (χ0n) is 24.2. The molecular formula is C28H55ClN2O6. The fraction of sp³-hybridized carbons (Fsp3) is 0.857. The average molecular weight is 551 g/mol. The monoisotopic (exact) mass is 550 g/mol. The van der Waals surface area contributed by atoms with Crippen LogP contribution >= 0.6 is 11.6 Å². The number of carboxylic acid groups (broad SMARTS) is 2. The Bertz CT molecular complexity index is 599. The van der Waals surface area contributed by atoms with Crippen LogP contribution in [0, 0.1) is 23.7 Å². The summed E-state index contributed by atoms with van der Waals surface area (Å²) in [4.78, 5) is 42.6. The fourth-order valence-corrected chi connectivity index (χ4v) is 3.86. The maximum absolute atomic E-state index is 11.5. The molecule has 0 saturated carbocycles. The zero-order valence-corrected chi connectivity index (χ0v) is 24.9. The third kappa shape index (κ3) is 36.6. The number of hydrogen-bond acceptors (Lipinski definition) is 5. The largest absolute Gasteiger partial charge is 0.481 e. The molecule has 0 aromatic carbocycles. The van der Waals surface area contributed by atoms with Gasteiger partial charge in [-0.05, 0) is 67.5 Å². The molecule has 0 aromatic rings. The highest BCUT2D eigenvalue weighted by Crippen LogP contribution is 2.15. The van der Waals surface area contributed by atoms with E-state index in [4.69, 9.17) is 27.5 Å². The number of nitrogens with two attached hydrogens (primary N) is 1. The van der Waals surface area contributed by atoms with E-state index in [1.807, 2.05) is 0 Å². The summed E-state index contributed by atoms with van der Waals surface area (Å²) in [6, 6.07) is 0. The Morgan fingerprint density at radius 2 is 1.19 bits per heavy atom. The number of hydrogen-bond donors (Lipinski definition) is 4. The van der Waals surface area contributed by atoms with Crippen molar-refractivity contribution in [3.63, 3.8) is 0 Å². The van der Waals surface area contributed by atoms with Crippen LogP contribution in [0.15, 0.2) is 0 Å². The van der Waals surface area contributed by atoms with Gasteiger partial charge in [0.05, 0.1) is 0 Å². The normalized spacial score (nSPS) is 12.1. The molecule has 0 fully saturated rings. The van der Waals surface area contributed by atoms with E-state index in [-0.39, 0.29) is 35.8 Å². The van der Waals surface area contributed by atoms with Crippen LogP contribution < -0.4 is 11.1 Å². The lowest BCUT2D eigenvalue weighted by atomic mass is 9.94. The van der Waals surface area contributed by atoms with Gasteiger partial charge in [0, 0.05) is 32.2 Å². The first kappa shape index (κ1) is 39.8. The SMILES string of the molecule is CC(C)C[C@H](CN)CC(=O)O.CCCCCC(=O)Cl.CCCCCC(=O)NC[C@H](CC(=O)O)CC(C)C. The van der Waals surface area contributed by atoms with Crippen molar-refractivity contribution in [1.82, 2.24) is 5.32 Å². The second-order valence-corrected chi connectivity index (χ2v) is 10.9. The van der Waals surface area contributed by atoms with Crippen molar-refractivity contribution in [3.8, 4) is 0 Å². The maximum atomic E-state index is 11.5. The minimum atomic E-state index is -0.791. The van der Waals surface area contributed by atoms with Crippen LogP contribution in [0.2, 0.25) is 0 Å². The zero-order chi connectivity index (χ0) is 29.2. The number of nitrogens with one attached hydrogen (secondary N) is 1. The van der Waals surface area contributed by atoms with Crippen molar-refractivity contribution < 1.29 is 29.4 Å². The second-order valence-electron chi connectivity index (χ2n) is 10.5. The van der Waals surface area contributed by atoms with Crippen LogP contribution in [-0.2, 0) is 19.2 Å². The molecule has 37 heavy (non-hydrogen) atoms. The van der Waals surface area contributed by atoms with E-state index in [0.717, 1.165) is 51.4 Å². The van der Waals surface area contributed by atoms with Gasteiger partial charge in [-0.1, -0.05) is 67.2 Å². The molecule has 2 atom stereocenters. The number of aliphatic carboxylic acids is 2. The highest BCUT2D eigenvalue weighted by molar-refractivity contribution is 6.63. The number of rotatable bonds is 19. The molecule has 5 N–H and O–H groups in total. The molecule has 0 spiro atoms.